The van der Waals surface area contributed by atoms with Gasteiger partial charge < -0.3 is 9.47 Å². The first-order valence-corrected chi connectivity index (χ1v) is 7.84. The molecule has 1 aromatic heterocycles. The minimum Gasteiger partial charge on any atom is -0.497 e. The third kappa shape index (κ3) is 2.83. The standard InChI is InChI=1S/C18H17NO2S/c1-12-5-4-6-13(9-12)18-19-16(11-22-18)15-8-7-14(20-2)10-17(15)21-3/h4-11H,1-3H3. The highest BCUT2D eigenvalue weighted by Crippen LogP contribution is 2.36. The zero-order valence-corrected chi connectivity index (χ0v) is 13.6. The number of aryl methyl sites for hydroxylation is 1. The summed E-state index contributed by atoms with van der Waals surface area (Å²) >= 11 is 1.64. The van der Waals surface area contributed by atoms with Crippen molar-refractivity contribution in [3.8, 4) is 33.3 Å². The minimum absolute atomic E-state index is 0.764. The van der Waals surface area contributed by atoms with Crippen molar-refractivity contribution in [2.24, 2.45) is 0 Å². The van der Waals surface area contributed by atoms with Gasteiger partial charge in [0.25, 0.3) is 0 Å². The van der Waals surface area contributed by atoms with Crippen molar-refractivity contribution in [3.63, 3.8) is 0 Å². The molecule has 0 radical (unpaired) electrons. The number of aromatic nitrogens is 1. The number of methoxy groups -OCH3 is 2. The molecular formula is C18H17NO2S. The highest BCUT2D eigenvalue weighted by molar-refractivity contribution is 7.13. The Morgan fingerprint density at radius 2 is 1.86 bits per heavy atom. The molecule has 2 aromatic carbocycles. The van der Waals surface area contributed by atoms with Crippen LogP contribution in [0.1, 0.15) is 5.56 Å². The van der Waals surface area contributed by atoms with E-state index < -0.39 is 0 Å². The molecule has 0 fully saturated rings. The fraction of sp³-hybridized carbons (Fsp3) is 0.167. The number of thiazole rings is 1. The molecule has 22 heavy (non-hydrogen) atoms. The van der Waals surface area contributed by atoms with E-state index in [1.165, 1.54) is 5.56 Å². The Morgan fingerprint density at radius 3 is 2.59 bits per heavy atom. The van der Waals surface area contributed by atoms with Crippen molar-refractivity contribution in [1.82, 2.24) is 4.98 Å². The first-order chi connectivity index (χ1) is 10.7. The summed E-state index contributed by atoms with van der Waals surface area (Å²) < 4.78 is 10.7. The van der Waals surface area contributed by atoms with Gasteiger partial charge >= 0.3 is 0 Å². The Hall–Kier alpha value is -2.33. The second-order valence-electron chi connectivity index (χ2n) is 4.97. The second-order valence-corrected chi connectivity index (χ2v) is 5.83. The maximum Gasteiger partial charge on any atom is 0.131 e. The highest BCUT2D eigenvalue weighted by Gasteiger charge is 2.12. The maximum atomic E-state index is 5.46. The molecule has 3 nitrogen and oxygen atoms in total. The molecule has 0 aliphatic heterocycles. The van der Waals surface area contributed by atoms with E-state index in [1.807, 2.05) is 18.2 Å². The summed E-state index contributed by atoms with van der Waals surface area (Å²) in [7, 11) is 3.30. The lowest BCUT2D eigenvalue weighted by Gasteiger charge is -2.08. The average molecular weight is 311 g/mol. The molecule has 4 heteroatoms. The van der Waals surface area contributed by atoms with E-state index in [-0.39, 0.29) is 0 Å². The number of hydrogen-bond donors (Lipinski definition) is 0. The van der Waals surface area contributed by atoms with Crippen LogP contribution in [0, 0.1) is 6.92 Å². The van der Waals surface area contributed by atoms with Crippen LogP contribution in [0.4, 0.5) is 0 Å². The first kappa shape index (κ1) is 14.6. The third-order valence-corrected chi connectivity index (χ3v) is 4.35. The van der Waals surface area contributed by atoms with Crippen molar-refractivity contribution < 1.29 is 9.47 Å². The van der Waals surface area contributed by atoms with Crippen LogP contribution in [0.5, 0.6) is 11.5 Å². The van der Waals surface area contributed by atoms with Crippen molar-refractivity contribution in [1.29, 1.82) is 0 Å². The van der Waals surface area contributed by atoms with Crippen molar-refractivity contribution >= 4 is 11.3 Å². The van der Waals surface area contributed by atoms with Crippen LogP contribution in [0.2, 0.25) is 0 Å². The maximum absolute atomic E-state index is 5.46. The van der Waals surface area contributed by atoms with Crippen LogP contribution in [0.3, 0.4) is 0 Å². The Morgan fingerprint density at radius 1 is 1.00 bits per heavy atom. The predicted molar refractivity (Wildman–Crippen MR) is 90.8 cm³/mol. The number of hydrogen-bond acceptors (Lipinski definition) is 4. The zero-order chi connectivity index (χ0) is 15.5. The van der Waals surface area contributed by atoms with Crippen LogP contribution < -0.4 is 9.47 Å². The van der Waals surface area contributed by atoms with Gasteiger partial charge in [-0.15, -0.1) is 11.3 Å². The van der Waals surface area contributed by atoms with E-state index in [0.717, 1.165) is 33.3 Å². The summed E-state index contributed by atoms with van der Waals surface area (Å²) in [5.74, 6) is 1.54. The van der Waals surface area contributed by atoms with E-state index in [4.69, 9.17) is 14.5 Å². The van der Waals surface area contributed by atoms with Gasteiger partial charge in [0.15, 0.2) is 0 Å². The molecule has 0 saturated heterocycles. The topological polar surface area (TPSA) is 31.4 Å². The lowest BCUT2D eigenvalue weighted by atomic mass is 10.1. The Kier molecular flexibility index (Phi) is 4.11. The van der Waals surface area contributed by atoms with Crippen LogP contribution in [-0.4, -0.2) is 19.2 Å². The zero-order valence-electron chi connectivity index (χ0n) is 12.8. The Balaban J connectivity index is 2.00. The van der Waals surface area contributed by atoms with E-state index in [1.54, 1.807) is 25.6 Å². The molecule has 3 aromatic rings. The third-order valence-electron chi connectivity index (χ3n) is 3.45. The van der Waals surface area contributed by atoms with E-state index >= 15 is 0 Å². The van der Waals surface area contributed by atoms with Gasteiger partial charge in [-0.3, -0.25) is 0 Å². The number of rotatable bonds is 4. The van der Waals surface area contributed by atoms with Crippen molar-refractivity contribution in [2.75, 3.05) is 14.2 Å². The molecule has 0 aliphatic rings. The number of ether oxygens (including phenoxy) is 2. The van der Waals surface area contributed by atoms with E-state index in [0.29, 0.717) is 0 Å². The lowest BCUT2D eigenvalue weighted by molar-refractivity contribution is 0.395. The molecule has 0 spiro atoms. The van der Waals surface area contributed by atoms with Gasteiger partial charge in [0.05, 0.1) is 19.9 Å². The fourth-order valence-electron chi connectivity index (χ4n) is 2.32. The van der Waals surface area contributed by atoms with Gasteiger partial charge in [0.2, 0.25) is 0 Å². The summed E-state index contributed by atoms with van der Waals surface area (Å²) in [5, 5.41) is 3.07. The number of benzene rings is 2. The summed E-state index contributed by atoms with van der Waals surface area (Å²) in [4.78, 5) is 4.75. The van der Waals surface area contributed by atoms with Gasteiger partial charge in [0, 0.05) is 22.6 Å². The SMILES string of the molecule is COc1ccc(-c2csc(-c3cccc(C)c3)n2)c(OC)c1. The molecule has 0 saturated carbocycles. The van der Waals surface area contributed by atoms with Crippen LogP contribution in [-0.2, 0) is 0 Å². The number of nitrogens with zero attached hydrogens (tertiary/aromatic N) is 1. The van der Waals surface area contributed by atoms with Gasteiger partial charge in [-0.05, 0) is 25.1 Å². The van der Waals surface area contributed by atoms with Gasteiger partial charge in [-0.1, -0.05) is 23.8 Å². The minimum atomic E-state index is 0.764. The Bertz CT molecular complexity index is 795. The largest absolute Gasteiger partial charge is 0.497 e. The van der Waals surface area contributed by atoms with E-state index in [9.17, 15) is 0 Å². The Labute approximate surface area is 134 Å². The lowest BCUT2D eigenvalue weighted by Crippen LogP contribution is -1.90. The van der Waals surface area contributed by atoms with E-state index in [2.05, 4.69) is 36.6 Å². The van der Waals surface area contributed by atoms with Crippen LogP contribution >= 0.6 is 11.3 Å². The molecule has 0 bridgehead atoms. The highest BCUT2D eigenvalue weighted by atomic mass is 32.1. The normalized spacial score (nSPS) is 10.5. The second kappa shape index (κ2) is 6.20. The van der Waals surface area contributed by atoms with Crippen LogP contribution in [0.15, 0.2) is 47.8 Å². The molecule has 3 rings (SSSR count). The summed E-state index contributed by atoms with van der Waals surface area (Å²) in [6.45, 7) is 2.09. The monoisotopic (exact) mass is 311 g/mol. The molecule has 0 N–H and O–H groups in total. The predicted octanol–water partition coefficient (Wildman–Crippen LogP) is 4.80. The molecule has 112 valence electrons. The summed E-state index contributed by atoms with van der Waals surface area (Å²) in [6, 6.07) is 14.1. The summed E-state index contributed by atoms with van der Waals surface area (Å²) in [5.41, 5.74) is 4.26. The molecule has 0 aliphatic carbocycles. The molecule has 1 heterocycles. The summed E-state index contributed by atoms with van der Waals surface area (Å²) in [6.07, 6.45) is 0. The van der Waals surface area contributed by atoms with Gasteiger partial charge in [-0.25, -0.2) is 4.98 Å². The average Bonchev–Trinajstić information content (AvgIpc) is 3.04. The van der Waals surface area contributed by atoms with Crippen LogP contribution in [0.25, 0.3) is 21.8 Å². The quantitative estimate of drug-likeness (QED) is 0.693. The molecule has 0 amide bonds. The van der Waals surface area contributed by atoms with Crippen molar-refractivity contribution in [2.45, 2.75) is 6.92 Å². The first-order valence-electron chi connectivity index (χ1n) is 6.96. The van der Waals surface area contributed by atoms with Crippen molar-refractivity contribution in [3.05, 3.63) is 53.4 Å². The molecule has 0 atom stereocenters. The molecule has 0 unspecified atom stereocenters. The molecular weight excluding hydrogens is 294 g/mol. The smallest absolute Gasteiger partial charge is 0.131 e. The van der Waals surface area contributed by atoms with Gasteiger partial charge in [-0.2, -0.15) is 0 Å². The van der Waals surface area contributed by atoms with Gasteiger partial charge in [0.1, 0.15) is 16.5 Å². The fourth-order valence-corrected chi connectivity index (χ4v) is 3.14.